The number of piperidine rings is 1. The molecule has 1 aliphatic heterocycles. The lowest BCUT2D eigenvalue weighted by Crippen LogP contribution is -2.45. The highest BCUT2D eigenvalue weighted by Crippen LogP contribution is 2.32. The fourth-order valence-electron chi connectivity index (χ4n) is 3.11. The number of rotatable bonds is 3. The summed E-state index contributed by atoms with van der Waals surface area (Å²) in [7, 11) is 0. The van der Waals surface area contributed by atoms with Crippen molar-refractivity contribution in [2.75, 3.05) is 18.4 Å². The van der Waals surface area contributed by atoms with Crippen LogP contribution in [-0.4, -0.2) is 29.8 Å². The summed E-state index contributed by atoms with van der Waals surface area (Å²) in [6.45, 7) is 1.33. The largest absolute Gasteiger partial charge is 0.342 e. The van der Waals surface area contributed by atoms with E-state index in [1.54, 1.807) is 18.2 Å². The van der Waals surface area contributed by atoms with E-state index in [0.717, 1.165) is 19.3 Å². The van der Waals surface area contributed by atoms with Crippen LogP contribution in [0.25, 0.3) is 0 Å². The van der Waals surface area contributed by atoms with E-state index in [-0.39, 0.29) is 23.7 Å². The number of benzene rings is 1. The molecule has 0 aromatic heterocycles. The number of hydrogen-bond donors (Lipinski definition) is 1. The van der Waals surface area contributed by atoms with Crippen LogP contribution in [0.3, 0.4) is 0 Å². The monoisotopic (exact) mass is 354 g/mol. The Hall–Kier alpha value is -1.26. The Bertz CT molecular complexity index is 609. The summed E-state index contributed by atoms with van der Waals surface area (Å²) < 4.78 is 0. The van der Waals surface area contributed by atoms with E-state index in [4.69, 9.17) is 23.2 Å². The minimum atomic E-state index is -0.0875. The zero-order valence-electron chi connectivity index (χ0n) is 12.9. The van der Waals surface area contributed by atoms with Crippen LogP contribution in [0.1, 0.15) is 32.1 Å². The van der Waals surface area contributed by atoms with Crippen molar-refractivity contribution in [3.05, 3.63) is 28.2 Å². The second-order valence-corrected chi connectivity index (χ2v) is 7.10. The van der Waals surface area contributed by atoms with E-state index >= 15 is 0 Å². The van der Waals surface area contributed by atoms with E-state index in [1.165, 1.54) is 0 Å². The molecule has 0 atom stereocenters. The smallest absolute Gasteiger partial charge is 0.227 e. The highest BCUT2D eigenvalue weighted by atomic mass is 35.5. The second-order valence-electron chi connectivity index (χ2n) is 6.32. The Labute approximate surface area is 146 Å². The third-order valence-electron chi connectivity index (χ3n) is 4.84. The average molecular weight is 355 g/mol. The Balaban J connectivity index is 1.54. The molecule has 1 saturated heterocycles. The molecule has 2 amide bonds. The van der Waals surface area contributed by atoms with E-state index in [1.807, 2.05) is 4.90 Å². The minimum Gasteiger partial charge on any atom is -0.342 e. The third-order valence-corrected chi connectivity index (χ3v) is 5.66. The van der Waals surface area contributed by atoms with Gasteiger partial charge in [-0.3, -0.25) is 9.59 Å². The van der Waals surface area contributed by atoms with Gasteiger partial charge in [0.25, 0.3) is 0 Å². The van der Waals surface area contributed by atoms with Crippen LogP contribution in [0, 0.1) is 11.8 Å². The van der Waals surface area contributed by atoms with Crippen molar-refractivity contribution >= 4 is 40.7 Å². The minimum absolute atomic E-state index is 0.0510. The molecule has 1 aliphatic carbocycles. The highest BCUT2D eigenvalue weighted by molar-refractivity contribution is 6.44. The number of nitrogens with zero attached hydrogens (tertiary/aromatic N) is 1. The quantitative estimate of drug-likeness (QED) is 0.892. The standard InChI is InChI=1S/C17H20Cl2N2O2/c18-13-5-2-6-14(15(13)19)20-16(22)11-7-9-21(10-8-11)17(23)12-3-1-4-12/h2,5-6,11-12H,1,3-4,7-10H2,(H,20,22). The number of likely N-dealkylation sites (tertiary alicyclic amines) is 1. The summed E-state index contributed by atoms with van der Waals surface area (Å²) in [4.78, 5) is 26.5. The molecule has 0 radical (unpaired) electrons. The van der Waals surface area contributed by atoms with Crippen LogP contribution in [0.4, 0.5) is 5.69 Å². The van der Waals surface area contributed by atoms with Crippen molar-refractivity contribution in [1.82, 2.24) is 4.90 Å². The molecule has 3 rings (SSSR count). The predicted octanol–water partition coefficient (Wildman–Crippen LogP) is 3.97. The van der Waals surface area contributed by atoms with E-state index < -0.39 is 0 Å². The number of halogens is 2. The summed E-state index contributed by atoms with van der Waals surface area (Å²) in [5.41, 5.74) is 0.539. The number of anilines is 1. The van der Waals surface area contributed by atoms with Crippen molar-refractivity contribution in [3.8, 4) is 0 Å². The molecule has 1 aromatic rings. The molecule has 124 valence electrons. The maximum atomic E-state index is 12.4. The molecule has 0 unspecified atom stereocenters. The normalized spacial score (nSPS) is 19.3. The van der Waals surface area contributed by atoms with Crippen LogP contribution < -0.4 is 5.32 Å². The molecule has 1 aromatic carbocycles. The second kappa shape index (κ2) is 7.10. The lowest BCUT2D eigenvalue weighted by Gasteiger charge is -2.36. The first kappa shape index (κ1) is 16.6. The average Bonchev–Trinajstić information content (AvgIpc) is 2.50. The molecule has 1 saturated carbocycles. The van der Waals surface area contributed by atoms with Crippen molar-refractivity contribution in [2.24, 2.45) is 11.8 Å². The summed E-state index contributed by atoms with van der Waals surface area (Å²) >= 11 is 12.1. The lowest BCUT2D eigenvalue weighted by molar-refractivity contribution is -0.140. The van der Waals surface area contributed by atoms with Crippen molar-refractivity contribution < 1.29 is 9.59 Å². The van der Waals surface area contributed by atoms with Crippen LogP contribution in [0.15, 0.2) is 18.2 Å². The van der Waals surface area contributed by atoms with Crippen molar-refractivity contribution in [2.45, 2.75) is 32.1 Å². The first-order valence-electron chi connectivity index (χ1n) is 8.10. The lowest BCUT2D eigenvalue weighted by atomic mass is 9.83. The van der Waals surface area contributed by atoms with Crippen LogP contribution >= 0.6 is 23.2 Å². The van der Waals surface area contributed by atoms with E-state index in [2.05, 4.69) is 5.32 Å². The summed E-state index contributed by atoms with van der Waals surface area (Å²) in [5.74, 6) is 0.360. The van der Waals surface area contributed by atoms with Gasteiger partial charge in [-0.1, -0.05) is 35.7 Å². The van der Waals surface area contributed by atoms with Gasteiger partial charge in [0, 0.05) is 24.9 Å². The molecule has 6 heteroatoms. The maximum Gasteiger partial charge on any atom is 0.227 e. The number of amides is 2. The zero-order valence-corrected chi connectivity index (χ0v) is 14.4. The Morgan fingerprint density at radius 3 is 2.35 bits per heavy atom. The highest BCUT2D eigenvalue weighted by Gasteiger charge is 2.33. The number of carbonyl (C=O) groups is 2. The molecule has 2 fully saturated rings. The molecule has 1 N–H and O–H groups in total. The van der Waals surface area contributed by atoms with Crippen LogP contribution in [0.2, 0.25) is 10.0 Å². The fraction of sp³-hybridized carbons (Fsp3) is 0.529. The number of carbonyl (C=O) groups excluding carboxylic acids is 2. The van der Waals surface area contributed by atoms with Gasteiger partial charge >= 0.3 is 0 Å². The van der Waals surface area contributed by atoms with Gasteiger partial charge < -0.3 is 10.2 Å². The molecule has 0 spiro atoms. The molecule has 4 nitrogen and oxygen atoms in total. The molecule has 2 aliphatic rings. The Morgan fingerprint density at radius 2 is 1.74 bits per heavy atom. The maximum absolute atomic E-state index is 12.4. The number of nitrogens with one attached hydrogen (secondary N) is 1. The molecule has 23 heavy (non-hydrogen) atoms. The van der Waals surface area contributed by atoms with Gasteiger partial charge in [0.1, 0.15) is 0 Å². The van der Waals surface area contributed by atoms with Gasteiger partial charge in [-0.15, -0.1) is 0 Å². The predicted molar refractivity (Wildman–Crippen MR) is 91.7 cm³/mol. The van der Waals surface area contributed by atoms with E-state index in [0.29, 0.717) is 41.7 Å². The van der Waals surface area contributed by atoms with Crippen LogP contribution in [0.5, 0.6) is 0 Å². The van der Waals surface area contributed by atoms with Gasteiger partial charge in [-0.2, -0.15) is 0 Å². The topological polar surface area (TPSA) is 49.4 Å². The van der Waals surface area contributed by atoms with Gasteiger partial charge in [0.05, 0.1) is 15.7 Å². The number of hydrogen-bond acceptors (Lipinski definition) is 2. The summed E-state index contributed by atoms with van der Waals surface area (Å²) in [6, 6.07) is 5.18. The summed E-state index contributed by atoms with van der Waals surface area (Å²) in [6.07, 6.45) is 4.60. The first-order chi connectivity index (χ1) is 11.1. The van der Waals surface area contributed by atoms with Crippen molar-refractivity contribution in [1.29, 1.82) is 0 Å². The molecule has 1 heterocycles. The SMILES string of the molecule is O=C(Nc1cccc(Cl)c1Cl)C1CCN(C(=O)C2CCC2)CC1. The van der Waals surface area contributed by atoms with E-state index in [9.17, 15) is 9.59 Å². The Kier molecular flexibility index (Phi) is 5.12. The summed E-state index contributed by atoms with van der Waals surface area (Å²) in [5, 5.41) is 3.63. The molecular formula is C17H20Cl2N2O2. The zero-order chi connectivity index (χ0) is 16.4. The van der Waals surface area contributed by atoms with Gasteiger partial charge in [-0.25, -0.2) is 0 Å². The molecule has 0 bridgehead atoms. The first-order valence-corrected chi connectivity index (χ1v) is 8.85. The van der Waals surface area contributed by atoms with Gasteiger partial charge in [0.2, 0.25) is 11.8 Å². The van der Waals surface area contributed by atoms with Crippen molar-refractivity contribution in [3.63, 3.8) is 0 Å². The third kappa shape index (κ3) is 3.64. The van der Waals surface area contributed by atoms with Gasteiger partial charge in [-0.05, 0) is 37.8 Å². The Morgan fingerprint density at radius 1 is 1.04 bits per heavy atom. The van der Waals surface area contributed by atoms with Gasteiger partial charge in [0.15, 0.2) is 0 Å². The fourth-order valence-corrected chi connectivity index (χ4v) is 3.46. The molecular weight excluding hydrogens is 335 g/mol. The van der Waals surface area contributed by atoms with Crippen LogP contribution in [-0.2, 0) is 9.59 Å².